The summed E-state index contributed by atoms with van der Waals surface area (Å²) in [5.41, 5.74) is 5.33. The second-order valence-corrected chi connectivity index (χ2v) is 3.49. The number of hydrogen-bond donors (Lipinski definition) is 2. The van der Waals surface area contributed by atoms with Crippen LogP contribution in [0.5, 0.6) is 0 Å². The maximum atomic E-state index is 10.6. The minimum atomic E-state index is -0.559. The lowest BCUT2D eigenvalue weighted by Gasteiger charge is -2.21. The van der Waals surface area contributed by atoms with Gasteiger partial charge in [0.15, 0.2) is 0 Å². The first kappa shape index (κ1) is 13.2. The number of aliphatic hydroxyl groups excluding tert-OH is 1. The quantitative estimate of drug-likeness (QED) is 0.562. The van der Waals surface area contributed by atoms with E-state index in [-0.39, 0.29) is 18.1 Å². The van der Waals surface area contributed by atoms with Crippen LogP contribution >= 0.6 is 0 Å². The van der Waals surface area contributed by atoms with Crippen molar-refractivity contribution < 1.29 is 10.0 Å². The van der Waals surface area contributed by atoms with Crippen molar-refractivity contribution in [2.24, 2.45) is 0 Å². The van der Waals surface area contributed by atoms with E-state index in [4.69, 9.17) is 10.8 Å². The molecule has 3 N–H and O–H groups in total. The van der Waals surface area contributed by atoms with Crippen LogP contribution in [0.3, 0.4) is 0 Å². The van der Waals surface area contributed by atoms with Crippen LogP contribution in [0.25, 0.3) is 0 Å². The number of nitrogen functional groups attached to an aromatic ring is 1. The van der Waals surface area contributed by atoms with Crippen LogP contribution in [0.15, 0.2) is 12.1 Å². The summed E-state index contributed by atoms with van der Waals surface area (Å²) in [6, 6.07) is 2.91. The van der Waals surface area contributed by atoms with Gasteiger partial charge in [-0.1, -0.05) is 0 Å². The fourth-order valence-corrected chi connectivity index (χ4v) is 1.48. The van der Waals surface area contributed by atoms with E-state index in [1.165, 1.54) is 6.07 Å². The average molecular weight is 240 g/mol. The summed E-state index contributed by atoms with van der Waals surface area (Å²) >= 11 is 0. The van der Waals surface area contributed by atoms with Crippen LogP contribution < -0.4 is 10.6 Å². The lowest BCUT2D eigenvalue weighted by Crippen LogP contribution is -2.25. The molecule has 0 amide bonds. The standard InChI is InChI=1S/C10H16N4O3/c1-2-13(6-3-7-15)9-5-4-8(14(16)17)10(11)12-9/h4-5,15H,2-3,6-7H2,1H3,(H2,11,12). The topological polar surface area (TPSA) is 106 Å². The van der Waals surface area contributed by atoms with E-state index in [1.54, 1.807) is 6.07 Å². The summed E-state index contributed by atoms with van der Waals surface area (Å²) in [7, 11) is 0. The Morgan fingerprint density at radius 2 is 2.29 bits per heavy atom. The lowest BCUT2D eigenvalue weighted by molar-refractivity contribution is -0.384. The van der Waals surface area contributed by atoms with Gasteiger partial charge in [0, 0.05) is 25.8 Å². The molecule has 1 aromatic rings. The van der Waals surface area contributed by atoms with E-state index >= 15 is 0 Å². The molecule has 0 aliphatic rings. The predicted octanol–water partition coefficient (Wildman–Crippen LogP) is 0.781. The molecule has 0 radical (unpaired) electrons. The minimum absolute atomic E-state index is 0.0880. The smallest absolute Gasteiger partial charge is 0.311 e. The molecule has 0 spiro atoms. The first-order valence-electron chi connectivity index (χ1n) is 5.36. The SMILES string of the molecule is CCN(CCCO)c1ccc([N+](=O)[O-])c(N)n1. The highest BCUT2D eigenvalue weighted by atomic mass is 16.6. The van der Waals surface area contributed by atoms with Crippen LogP contribution in [-0.4, -0.2) is 34.7 Å². The van der Waals surface area contributed by atoms with Crippen molar-refractivity contribution in [3.05, 3.63) is 22.2 Å². The van der Waals surface area contributed by atoms with Gasteiger partial charge in [0.05, 0.1) is 4.92 Å². The van der Waals surface area contributed by atoms with Gasteiger partial charge in [0.2, 0.25) is 5.82 Å². The summed E-state index contributed by atoms with van der Waals surface area (Å²) in [5, 5.41) is 19.4. The Morgan fingerprint density at radius 1 is 1.59 bits per heavy atom. The van der Waals surface area contributed by atoms with Crippen LogP contribution in [0.2, 0.25) is 0 Å². The van der Waals surface area contributed by atoms with Crippen molar-refractivity contribution in [1.29, 1.82) is 0 Å². The third-order valence-corrected chi connectivity index (χ3v) is 2.38. The molecular formula is C10H16N4O3. The molecule has 7 heteroatoms. The molecule has 1 aromatic heterocycles. The van der Waals surface area contributed by atoms with Crippen LogP contribution in [0.1, 0.15) is 13.3 Å². The molecule has 17 heavy (non-hydrogen) atoms. The molecule has 0 saturated carbocycles. The Kier molecular flexibility index (Phi) is 4.65. The molecule has 94 valence electrons. The van der Waals surface area contributed by atoms with Crippen LogP contribution in [0, 0.1) is 10.1 Å². The molecule has 1 heterocycles. The Labute approximate surface area is 99.0 Å². The Hall–Kier alpha value is -1.89. The molecule has 0 bridgehead atoms. The van der Waals surface area contributed by atoms with E-state index in [2.05, 4.69) is 4.98 Å². The number of anilines is 2. The molecule has 7 nitrogen and oxygen atoms in total. The number of rotatable bonds is 6. The van der Waals surface area contributed by atoms with Crippen molar-refractivity contribution in [2.75, 3.05) is 30.3 Å². The summed E-state index contributed by atoms with van der Waals surface area (Å²) in [6.07, 6.45) is 0.617. The second-order valence-electron chi connectivity index (χ2n) is 3.49. The third kappa shape index (κ3) is 3.28. The molecule has 0 aromatic carbocycles. The van der Waals surface area contributed by atoms with Gasteiger partial charge in [-0.2, -0.15) is 0 Å². The van der Waals surface area contributed by atoms with Crippen molar-refractivity contribution in [2.45, 2.75) is 13.3 Å². The van der Waals surface area contributed by atoms with Gasteiger partial charge >= 0.3 is 5.69 Å². The highest BCUT2D eigenvalue weighted by Gasteiger charge is 2.15. The fraction of sp³-hybridized carbons (Fsp3) is 0.500. The second kappa shape index (κ2) is 6.00. The van der Waals surface area contributed by atoms with Gasteiger partial charge in [-0.05, 0) is 19.4 Å². The number of nitro groups is 1. The number of hydrogen-bond acceptors (Lipinski definition) is 6. The van der Waals surface area contributed by atoms with Gasteiger partial charge in [-0.15, -0.1) is 0 Å². The summed E-state index contributed by atoms with van der Waals surface area (Å²) in [5.74, 6) is 0.499. The fourth-order valence-electron chi connectivity index (χ4n) is 1.48. The summed E-state index contributed by atoms with van der Waals surface area (Å²) < 4.78 is 0. The van der Waals surface area contributed by atoms with Crippen LogP contribution in [-0.2, 0) is 0 Å². The van der Waals surface area contributed by atoms with E-state index in [0.29, 0.717) is 25.3 Å². The molecule has 0 aliphatic carbocycles. The molecule has 0 fully saturated rings. The molecule has 0 saturated heterocycles. The van der Waals surface area contributed by atoms with Crippen molar-refractivity contribution in [3.8, 4) is 0 Å². The molecule has 1 rings (SSSR count). The molecule has 0 unspecified atom stereocenters. The number of aromatic nitrogens is 1. The Balaban J connectivity index is 2.90. The highest BCUT2D eigenvalue weighted by molar-refractivity contribution is 5.57. The van der Waals surface area contributed by atoms with Crippen molar-refractivity contribution in [1.82, 2.24) is 4.98 Å². The molecule has 0 atom stereocenters. The number of nitrogens with two attached hydrogens (primary N) is 1. The van der Waals surface area contributed by atoms with E-state index in [1.807, 2.05) is 11.8 Å². The Bertz CT molecular complexity index is 397. The van der Waals surface area contributed by atoms with Crippen LogP contribution in [0.4, 0.5) is 17.3 Å². The summed E-state index contributed by atoms with van der Waals surface area (Å²) in [6.45, 7) is 3.37. The largest absolute Gasteiger partial charge is 0.396 e. The van der Waals surface area contributed by atoms with E-state index in [0.717, 1.165) is 0 Å². The van der Waals surface area contributed by atoms with Crippen molar-refractivity contribution >= 4 is 17.3 Å². The van der Waals surface area contributed by atoms with Gasteiger partial charge in [-0.3, -0.25) is 10.1 Å². The van der Waals surface area contributed by atoms with Gasteiger partial charge in [-0.25, -0.2) is 4.98 Å². The third-order valence-electron chi connectivity index (χ3n) is 2.38. The zero-order valence-corrected chi connectivity index (χ0v) is 9.67. The molecular weight excluding hydrogens is 224 g/mol. The number of aliphatic hydroxyl groups is 1. The molecule has 0 aliphatic heterocycles. The monoisotopic (exact) mass is 240 g/mol. The maximum absolute atomic E-state index is 10.6. The van der Waals surface area contributed by atoms with E-state index < -0.39 is 4.92 Å². The normalized spacial score (nSPS) is 10.2. The zero-order chi connectivity index (χ0) is 12.8. The highest BCUT2D eigenvalue weighted by Crippen LogP contribution is 2.22. The summed E-state index contributed by atoms with van der Waals surface area (Å²) in [4.78, 5) is 15.9. The first-order valence-corrected chi connectivity index (χ1v) is 5.36. The van der Waals surface area contributed by atoms with Gasteiger partial charge in [0.25, 0.3) is 0 Å². The predicted molar refractivity (Wildman–Crippen MR) is 64.9 cm³/mol. The zero-order valence-electron chi connectivity index (χ0n) is 9.67. The van der Waals surface area contributed by atoms with Gasteiger partial charge < -0.3 is 15.7 Å². The lowest BCUT2D eigenvalue weighted by atomic mass is 10.3. The average Bonchev–Trinajstić information content (AvgIpc) is 2.29. The van der Waals surface area contributed by atoms with Gasteiger partial charge in [0.1, 0.15) is 5.82 Å². The van der Waals surface area contributed by atoms with Crippen molar-refractivity contribution in [3.63, 3.8) is 0 Å². The Morgan fingerprint density at radius 3 is 2.76 bits per heavy atom. The minimum Gasteiger partial charge on any atom is -0.396 e. The first-order chi connectivity index (χ1) is 8.10. The maximum Gasteiger partial charge on any atom is 0.311 e. The van der Waals surface area contributed by atoms with E-state index in [9.17, 15) is 10.1 Å². The number of pyridine rings is 1. The number of nitrogens with zero attached hydrogens (tertiary/aromatic N) is 3.